The van der Waals surface area contributed by atoms with Crippen LogP contribution in [0.1, 0.15) is 142 Å². The molecule has 186 valence electrons. The first-order valence-corrected chi connectivity index (χ1v) is 14.8. The highest BCUT2D eigenvalue weighted by Crippen LogP contribution is 2.14. The Bertz CT molecular complexity index is 494. The van der Waals surface area contributed by atoms with Gasteiger partial charge in [0.25, 0.3) is 10.1 Å². The SMILES string of the molecule is CCCCCCCCCCCCCCCCCCCCCC(=O)NCCCS(=O)(=O)O. The fourth-order valence-electron chi connectivity index (χ4n) is 3.93. The molecule has 0 aliphatic heterocycles. The average molecular weight is 462 g/mol. The van der Waals surface area contributed by atoms with E-state index in [1.54, 1.807) is 0 Å². The molecule has 0 saturated heterocycles. The first-order chi connectivity index (χ1) is 15.0. The van der Waals surface area contributed by atoms with Crippen molar-refractivity contribution in [1.29, 1.82) is 0 Å². The quantitative estimate of drug-likeness (QED) is 0.118. The van der Waals surface area contributed by atoms with Crippen molar-refractivity contribution < 1.29 is 17.8 Å². The van der Waals surface area contributed by atoms with Gasteiger partial charge in [-0.2, -0.15) is 8.42 Å². The molecule has 0 unspecified atom stereocenters. The Hall–Kier alpha value is -0.620. The van der Waals surface area contributed by atoms with Crippen LogP contribution in [0.5, 0.6) is 0 Å². The van der Waals surface area contributed by atoms with E-state index in [0.717, 1.165) is 12.8 Å². The molecule has 0 aromatic rings. The van der Waals surface area contributed by atoms with Gasteiger partial charge in [-0.25, -0.2) is 0 Å². The molecule has 0 heterocycles. The van der Waals surface area contributed by atoms with Crippen LogP contribution in [0.15, 0.2) is 0 Å². The summed E-state index contributed by atoms with van der Waals surface area (Å²) in [4.78, 5) is 11.6. The van der Waals surface area contributed by atoms with Crippen LogP contribution < -0.4 is 5.32 Å². The van der Waals surface area contributed by atoms with Crippen LogP contribution in [-0.4, -0.2) is 31.2 Å². The molecule has 0 aromatic heterocycles. The number of nitrogens with one attached hydrogen (secondary N) is 1. The minimum absolute atomic E-state index is 0.0256. The van der Waals surface area contributed by atoms with E-state index >= 15 is 0 Å². The summed E-state index contributed by atoms with van der Waals surface area (Å²) in [5.74, 6) is -0.325. The number of carbonyl (C=O) groups is 1. The van der Waals surface area contributed by atoms with Gasteiger partial charge in [0.1, 0.15) is 0 Å². The monoisotopic (exact) mass is 461 g/mol. The number of hydrogen-bond donors (Lipinski definition) is 2. The summed E-state index contributed by atoms with van der Waals surface area (Å²) in [6, 6.07) is 0. The lowest BCUT2D eigenvalue weighted by Crippen LogP contribution is -2.25. The summed E-state index contributed by atoms with van der Waals surface area (Å²) < 4.78 is 29.8. The number of unbranched alkanes of at least 4 members (excludes halogenated alkanes) is 18. The Morgan fingerprint density at radius 1 is 0.613 bits per heavy atom. The Morgan fingerprint density at radius 3 is 1.32 bits per heavy atom. The van der Waals surface area contributed by atoms with Gasteiger partial charge in [0.15, 0.2) is 0 Å². The molecule has 0 atom stereocenters. The molecule has 0 bridgehead atoms. The van der Waals surface area contributed by atoms with Crippen LogP contribution in [0.2, 0.25) is 0 Å². The second kappa shape index (κ2) is 22.6. The fraction of sp³-hybridized carbons (Fsp3) is 0.960. The molecule has 0 aromatic carbocycles. The van der Waals surface area contributed by atoms with Gasteiger partial charge in [0.05, 0.1) is 5.75 Å². The first-order valence-electron chi connectivity index (χ1n) is 13.2. The number of amides is 1. The normalized spacial score (nSPS) is 11.7. The van der Waals surface area contributed by atoms with Crippen molar-refractivity contribution in [3.8, 4) is 0 Å². The Kier molecular flexibility index (Phi) is 22.1. The maximum absolute atomic E-state index is 11.6. The standard InChI is InChI=1S/C25H51NO4S/c1-2-3-4-5-6-7-8-9-10-11-12-13-14-15-16-17-18-19-20-22-25(27)26-23-21-24-31(28,29)30/h2-24H2,1H3,(H,26,27)(H,28,29,30). The molecule has 2 N–H and O–H groups in total. The molecular weight excluding hydrogens is 410 g/mol. The van der Waals surface area contributed by atoms with E-state index in [4.69, 9.17) is 4.55 Å². The third kappa shape index (κ3) is 27.3. The zero-order valence-corrected chi connectivity index (χ0v) is 21.2. The Labute approximate surface area is 193 Å². The summed E-state index contributed by atoms with van der Waals surface area (Å²) in [6.45, 7) is 2.58. The predicted octanol–water partition coefficient (Wildman–Crippen LogP) is 7.20. The molecule has 0 spiro atoms. The third-order valence-corrected chi connectivity index (χ3v) is 6.71. The fourth-order valence-corrected chi connectivity index (χ4v) is 4.44. The van der Waals surface area contributed by atoms with Crippen molar-refractivity contribution in [2.45, 2.75) is 142 Å². The number of hydrogen-bond acceptors (Lipinski definition) is 3. The second-order valence-corrected chi connectivity index (χ2v) is 10.7. The van der Waals surface area contributed by atoms with Crippen LogP contribution in [0.4, 0.5) is 0 Å². The van der Waals surface area contributed by atoms with Gasteiger partial charge in [0, 0.05) is 13.0 Å². The highest BCUT2D eigenvalue weighted by Gasteiger charge is 2.05. The van der Waals surface area contributed by atoms with Crippen molar-refractivity contribution in [3.05, 3.63) is 0 Å². The van der Waals surface area contributed by atoms with Crippen LogP contribution in [0.3, 0.4) is 0 Å². The van der Waals surface area contributed by atoms with E-state index in [-0.39, 0.29) is 18.1 Å². The number of rotatable bonds is 24. The van der Waals surface area contributed by atoms with Crippen LogP contribution in [0.25, 0.3) is 0 Å². The summed E-state index contributed by atoms with van der Waals surface area (Å²) >= 11 is 0. The Balaban J connectivity index is 3.16. The summed E-state index contributed by atoms with van der Waals surface area (Å²) in [7, 11) is -3.92. The highest BCUT2D eigenvalue weighted by molar-refractivity contribution is 7.85. The summed E-state index contributed by atoms with van der Waals surface area (Å²) in [5.41, 5.74) is 0. The summed E-state index contributed by atoms with van der Waals surface area (Å²) in [6.07, 6.45) is 26.1. The first kappa shape index (κ1) is 30.4. The molecule has 1 amide bonds. The zero-order chi connectivity index (χ0) is 23.0. The lowest BCUT2D eigenvalue weighted by Gasteiger charge is -2.05. The molecule has 0 rings (SSSR count). The van der Waals surface area contributed by atoms with E-state index in [2.05, 4.69) is 12.2 Å². The average Bonchev–Trinajstić information content (AvgIpc) is 2.72. The van der Waals surface area contributed by atoms with Crippen LogP contribution >= 0.6 is 0 Å². The Morgan fingerprint density at radius 2 is 0.968 bits per heavy atom. The third-order valence-electron chi connectivity index (χ3n) is 5.91. The van der Waals surface area contributed by atoms with Gasteiger partial charge in [-0.3, -0.25) is 9.35 Å². The van der Waals surface area contributed by atoms with E-state index in [1.165, 1.54) is 109 Å². The van der Waals surface area contributed by atoms with Gasteiger partial charge in [0.2, 0.25) is 5.91 Å². The molecule has 0 fully saturated rings. The lowest BCUT2D eigenvalue weighted by atomic mass is 10.0. The minimum atomic E-state index is -3.92. The predicted molar refractivity (Wildman–Crippen MR) is 132 cm³/mol. The maximum atomic E-state index is 11.6. The van der Waals surface area contributed by atoms with E-state index in [0.29, 0.717) is 13.0 Å². The largest absolute Gasteiger partial charge is 0.356 e. The molecule has 0 aliphatic rings. The molecule has 5 nitrogen and oxygen atoms in total. The van der Waals surface area contributed by atoms with Gasteiger partial charge in [-0.05, 0) is 12.8 Å². The molecule has 0 saturated carbocycles. The van der Waals surface area contributed by atoms with Gasteiger partial charge in [-0.15, -0.1) is 0 Å². The van der Waals surface area contributed by atoms with E-state index in [9.17, 15) is 13.2 Å². The molecule has 6 heteroatoms. The van der Waals surface area contributed by atoms with Crippen molar-refractivity contribution in [2.24, 2.45) is 0 Å². The smallest absolute Gasteiger partial charge is 0.264 e. The van der Waals surface area contributed by atoms with Crippen molar-refractivity contribution in [2.75, 3.05) is 12.3 Å². The zero-order valence-electron chi connectivity index (χ0n) is 20.3. The van der Waals surface area contributed by atoms with Gasteiger partial charge < -0.3 is 5.32 Å². The molecule has 0 aliphatic carbocycles. The van der Waals surface area contributed by atoms with Crippen molar-refractivity contribution >= 4 is 16.0 Å². The topological polar surface area (TPSA) is 83.5 Å². The van der Waals surface area contributed by atoms with Gasteiger partial charge in [-0.1, -0.05) is 122 Å². The highest BCUT2D eigenvalue weighted by atomic mass is 32.2. The maximum Gasteiger partial charge on any atom is 0.264 e. The van der Waals surface area contributed by atoms with Crippen molar-refractivity contribution in [3.63, 3.8) is 0 Å². The van der Waals surface area contributed by atoms with E-state index < -0.39 is 10.1 Å². The molecular formula is C25H51NO4S. The van der Waals surface area contributed by atoms with Crippen LogP contribution in [-0.2, 0) is 14.9 Å². The van der Waals surface area contributed by atoms with Gasteiger partial charge >= 0.3 is 0 Å². The lowest BCUT2D eigenvalue weighted by molar-refractivity contribution is -0.121. The number of carbonyl (C=O) groups excluding carboxylic acids is 1. The molecule has 31 heavy (non-hydrogen) atoms. The molecule has 0 radical (unpaired) electrons. The minimum Gasteiger partial charge on any atom is -0.356 e. The summed E-state index contributed by atoms with van der Waals surface area (Å²) in [5, 5.41) is 2.70. The van der Waals surface area contributed by atoms with Crippen LogP contribution in [0, 0.1) is 0 Å². The van der Waals surface area contributed by atoms with Crippen molar-refractivity contribution in [1.82, 2.24) is 5.32 Å². The second-order valence-electron chi connectivity index (χ2n) is 9.10. The van der Waals surface area contributed by atoms with E-state index in [1.807, 2.05) is 0 Å².